The minimum Gasteiger partial charge on any atom is -0.507 e. The van der Waals surface area contributed by atoms with Crippen LogP contribution in [-0.4, -0.2) is 64.0 Å². The molecule has 1 unspecified atom stereocenters. The molecule has 7 nitrogen and oxygen atoms in total. The van der Waals surface area contributed by atoms with Crippen LogP contribution in [0.15, 0.2) is 29.8 Å². The Morgan fingerprint density at radius 2 is 2.03 bits per heavy atom. The molecule has 2 aromatic rings. The molecule has 0 aliphatic carbocycles. The molecule has 1 aliphatic rings. The molecule has 1 saturated heterocycles. The monoisotopic (exact) mass is 416 g/mol. The van der Waals surface area contributed by atoms with Gasteiger partial charge in [-0.15, -0.1) is 0 Å². The highest BCUT2D eigenvalue weighted by Gasteiger charge is 2.46. The zero-order valence-electron chi connectivity index (χ0n) is 17.0. The number of aliphatic hydroxyl groups excluding tert-OH is 1. The van der Waals surface area contributed by atoms with Crippen molar-refractivity contribution < 1.29 is 14.7 Å². The van der Waals surface area contributed by atoms with Crippen LogP contribution in [0, 0.1) is 13.8 Å². The Bertz CT molecular complexity index is 961. The minimum absolute atomic E-state index is 0.0646. The third-order valence-electron chi connectivity index (χ3n) is 5.07. The van der Waals surface area contributed by atoms with Crippen LogP contribution in [0.4, 0.5) is 0 Å². The van der Waals surface area contributed by atoms with Crippen molar-refractivity contribution in [3.8, 4) is 0 Å². The van der Waals surface area contributed by atoms with Gasteiger partial charge in [-0.3, -0.25) is 14.7 Å². The Morgan fingerprint density at radius 3 is 2.62 bits per heavy atom. The van der Waals surface area contributed by atoms with Gasteiger partial charge in [0.25, 0.3) is 11.7 Å². The molecule has 8 heteroatoms. The second-order valence-electron chi connectivity index (χ2n) is 7.51. The van der Waals surface area contributed by atoms with Gasteiger partial charge in [-0.1, -0.05) is 23.7 Å². The Hall–Kier alpha value is -2.64. The molecular weight excluding hydrogens is 392 g/mol. The number of aromatic nitrogens is 2. The molecule has 29 heavy (non-hydrogen) atoms. The van der Waals surface area contributed by atoms with Crippen molar-refractivity contribution in [1.29, 1.82) is 0 Å². The van der Waals surface area contributed by atoms with Crippen molar-refractivity contribution in [2.45, 2.75) is 26.3 Å². The van der Waals surface area contributed by atoms with Gasteiger partial charge in [0.2, 0.25) is 0 Å². The lowest BCUT2D eigenvalue weighted by molar-refractivity contribution is -0.139. The number of aliphatic hydroxyl groups is 1. The van der Waals surface area contributed by atoms with E-state index in [-0.39, 0.29) is 11.3 Å². The third-order valence-corrected chi connectivity index (χ3v) is 5.31. The average Bonchev–Trinajstić information content (AvgIpc) is 3.12. The minimum atomic E-state index is -0.704. The molecule has 1 amide bonds. The standard InChI is InChI=1S/C21H25ClN4O3/c1-12-16(13(2)24-23-12)19(27)17-18(14-7-5-8-15(22)11-14)26(21(29)20(17)28)10-6-9-25(3)4/h5,7-8,11,18,27H,6,9-10H2,1-4H3,(H,23,24). The smallest absolute Gasteiger partial charge is 0.295 e. The van der Waals surface area contributed by atoms with E-state index in [9.17, 15) is 14.7 Å². The van der Waals surface area contributed by atoms with Crippen LogP contribution < -0.4 is 0 Å². The van der Waals surface area contributed by atoms with Gasteiger partial charge in [0.15, 0.2) is 0 Å². The van der Waals surface area contributed by atoms with E-state index in [2.05, 4.69) is 10.2 Å². The number of Topliss-reactive ketones (excluding diaryl/α,β-unsaturated/α-hetero) is 1. The number of aromatic amines is 1. The van der Waals surface area contributed by atoms with Crippen molar-refractivity contribution in [3.05, 3.63) is 57.4 Å². The number of nitrogens with one attached hydrogen (secondary N) is 1. The number of benzene rings is 1. The number of hydrogen-bond acceptors (Lipinski definition) is 5. The predicted molar refractivity (Wildman–Crippen MR) is 112 cm³/mol. The summed E-state index contributed by atoms with van der Waals surface area (Å²) in [6, 6.07) is 6.33. The number of amides is 1. The van der Waals surface area contributed by atoms with Gasteiger partial charge < -0.3 is 14.9 Å². The lowest BCUT2D eigenvalue weighted by Gasteiger charge is -2.26. The Kier molecular flexibility index (Phi) is 6.10. The molecule has 1 aromatic carbocycles. The maximum atomic E-state index is 13.0. The molecule has 1 fully saturated rings. The molecule has 1 aromatic heterocycles. The van der Waals surface area contributed by atoms with Crippen LogP contribution >= 0.6 is 11.6 Å². The molecule has 3 rings (SSSR count). The number of carbonyl (C=O) groups excluding carboxylic acids is 2. The van der Waals surface area contributed by atoms with E-state index < -0.39 is 17.7 Å². The number of nitrogens with zero attached hydrogens (tertiary/aromatic N) is 3. The summed E-state index contributed by atoms with van der Waals surface area (Å²) in [6.45, 7) is 4.65. The molecule has 1 aliphatic heterocycles. The van der Waals surface area contributed by atoms with Gasteiger partial charge in [0, 0.05) is 17.3 Å². The lowest BCUT2D eigenvalue weighted by Crippen LogP contribution is -2.32. The van der Waals surface area contributed by atoms with Crippen molar-refractivity contribution in [2.75, 3.05) is 27.2 Å². The summed E-state index contributed by atoms with van der Waals surface area (Å²) in [4.78, 5) is 29.4. The summed E-state index contributed by atoms with van der Waals surface area (Å²) in [5, 5.41) is 18.5. The van der Waals surface area contributed by atoms with Gasteiger partial charge in [-0.05, 0) is 58.6 Å². The number of hydrogen-bond donors (Lipinski definition) is 2. The molecule has 2 heterocycles. The van der Waals surface area contributed by atoms with Crippen LogP contribution in [0.2, 0.25) is 5.02 Å². The second-order valence-corrected chi connectivity index (χ2v) is 7.95. The molecule has 0 radical (unpaired) electrons. The van der Waals surface area contributed by atoms with Crippen molar-refractivity contribution in [3.63, 3.8) is 0 Å². The molecule has 1 atom stereocenters. The first-order valence-electron chi connectivity index (χ1n) is 9.43. The summed E-state index contributed by atoms with van der Waals surface area (Å²) in [5.74, 6) is -1.53. The fourth-order valence-corrected chi connectivity index (χ4v) is 3.92. The topological polar surface area (TPSA) is 89.5 Å². The maximum Gasteiger partial charge on any atom is 0.295 e. The number of likely N-dealkylation sites (tertiary alicyclic amines) is 1. The predicted octanol–water partition coefficient (Wildman–Crippen LogP) is 3.05. The van der Waals surface area contributed by atoms with Gasteiger partial charge in [-0.25, -0.2) is 0 Å². The van der Waals surface area contributed by atoms with Crippen molar-refractivity contribution in [2.24, 2.45) is 0 Å². The van der Waals surface area contributed by atoms with Crippen LogP contribution in [0.3, 0.4) is 0 Å². The van der Waals surface area contributed by atoms with Gasteiger partial charge >= 0.3 is 0 Å². The number of aryl methyl sites for hydroxylation is 2. The summed E-state index contributed by atoms with van der Waals surface area (Å²) >= 11 is 6.18. The molecular formula is C21H25ClN4O3. The molecule has 0 bridgehead atoms. The molecule has 2 N–H and O–H groups in total. The normalized spacial score (nSPS) is 18.8. The first-order valence-corrected chi connectivity index (χ1v) is 9.80. The van der Waals surface area contributed by atoms with E-state index in [4.69, 9.17) is 11.6 Å². The Morgan fingerprint density at radius 1 is 1.31 bits per heavy atom. The summed E-state index contributed by atoms with van der Waals surface area (Å²) in [7, 11) is 3.90. The Labute approximate surface area is 175 Å². The average molecular weight is 417 g/mol. The second kappa shape index (κ2) is 8.39. The summed E-state index contributed by atoms with van der Waals surface area (Å²) in [6.07, 6.45) is 0.695. The third kappa shape index (κ3) is 4.06. The first-order chi connectivity index (χ1) is 13.7. The summed E-state index contributed by atoms with van der Waals surface area (Å²) < 4.78 is 0. The van der Waals surface area contributed by atoms with Gasteiger partial charge in [-0.2, -0.15) is 5.10 Å². The lowest BCUT2D eigenvalue weighted by atomic mass is 9.94. The van der Waals surface area contributed by atoms with Crippen LogP contribution in [-0.2, 0) is 9.59 Å². The highest BCUT2D eigenvalue weighted by atomic mass is 35.5. The van der Waals surface area contributed by atoms with Crippen LogP contribution in [0.5, 0.6) is 0 Å². The zero-order chi connectivity index (χ0) is 21.3. The van der Waals surface area contributed by atoms with E-state index in [0.29, 0.717) is 40.5 Å². The van der Waals surface area contributed by atoms with Crippen LogP contribution in [0.1, 0.15) is 35.0 Å². The maximum absolute atomic E-state index is 13.0. The molecule has 0 spiro atoms. The molecule has 0 saturated carbocycles. The summed E-state index contributed by atoms with van der Waals surface area (Å²) in [5.41, 5.74) is 2.38. The van der Waals surface area contributed by atoms with E-state index >= 15 is 0 Å². The SMILES string of the molecule is Cc1n[nH]c(C)c1C(O)=C1C(=O)C(=O)N(CCCN(C)C)C1c1cccc(Cl)c1. The van der Waals surface area contributed by atoms with E-state index in [1.807, 2.05) is 25.1 Å². The van der Waals surface area contributed by atoms with Crippen LogP contribution in [0.25, 0.3) is 5.76 Å². The quantitative estimate of drug-likeness (QED) is 0.429. The van der Waals surface area contributed by atoms with Crippen molar-refractivity contribution in [1.82, 2.24) is 20.0 Å². The van der Waals surface area contributed by atoms with E-state index in [1.54, 1.807) is 32.0 Å². The van der Waals surface area contributed by atoms with E-state index in [0.717, 1.165) is 6.54 Å². The Balaban J connectivity index is 2.13. The first kappa shape index (κ1) is 21.1. The van der Waals surface area contributed by atoms with E-state index in [1.165, 1.54) is 4.90 Å². The fourth-order valence-electron chi connectivity index (χ4n) is 3.73. The number of carbonyl (C=O) groups is 2. The number of halogens is 1. The number of rotatable bonds is 6. The van der Waals surface area contributed by atoms with Crippen molar-refractivity contribution >= 4 is 29.1 Å². The van der Waals surface area contributed by atoms with Gasteiger partial charge in [0.05, 0.1) is 22.9 Å². The largest absolute Gasteiger partial charge is 0.507 e. The number of H-pyrrole nitrogens is 1. The van der Waals surface area contributed by atoms with Gasteiger partial charge in [0.1, 0.15) is 5.76 Å². The fraction of sp³-hybridized carbons (Fsp3) is 0.381. The highest BCUT2D eigenvalue weighted by molar-refractivity contribution is 6.46. The zero-order valence-corrected chi connectivity index (χ0v) is 17.7. The molecule has 154 valence electrons. The highest BCUT2D eigenvalue weighted by Crippen LogP contribution is 2.40. The number of ketones is 1.